The molecule has 2 heterocycles. The fraction of sp³-hybridized carbons (Fsp3) is 0.361. The van der Waals surface area contributed by atoms with Crippen LogP contribution in [0.5, 0.6) is 0 Å². The van der Waals surface area contributed by atoms with Gasteiger partial charge in [-0.1, -0.05) is 54.6 Å². The Hall–Kier alpha value is -4.40. The molecule has 9 heteroatoms. The summed E-state index contributed by atoms with van der Waals surface area (Å²) in [4.78, 5) is 43.4. The lowest BCUT2D eigenvalue weighted by Crippen LogP contribution is -2.39. The molecule has 1 fully saturated rings. The third-order valence-corrected chi connectivity index (χ3v) is 8.74. The number of hydrogen-bond donors (Lipinski definition) is 0. The van der Waals surface area contributed by atoms with E-state index in [1.165, 1.54) is 22.6 Å². The van der Waals surface area contributed by atoms with Gasteiger partial charge in [0.15, 0.2) is 0 Å². The molecule has 0 aliphatic carbocycles. The maximum absolute atomic E-state index is 13.5. The van der Waals surface area contributed by atoms with E-state index in [9.17, 15) is 27.6 Å². The highest BCUT2D eigenvalue weighted by Crippen LogP contribution is 2.39. The molecule has 0 saturated carbocycles. The van der Waals surface area contributed by atoms with E-state index in [0.29, 0.717) is 35.8 Å². The van der Waals surface area contributed by atoms with Gasteiger partial charge in [0.05, 0.1) is 24.3 Å². The average Bonchev–Trinajstić information content (AvgIpc) is 3.03. The van der Waals surface area contributed by atoms with Crippen molar-refractivity contribution in [2.45, 2.75) is 58.2 Å². The molecule has 2 aliphatic heterocycles. The van der Waals surface area contributed by atoms with E-state index < -0.39 is 23.6 Å². The fourth-order valence-corrected chi connectivity index (χ4v) is 6.32. The molecule has 236 valence electrons. The number of likely N-dealkylation sites (tertiary alicyclic amines) is 1. The van der Waals surface area contributed by atoms with E-state index >= 15 is 0 Å². The van der Waals surface area contributed by atoms with Crippen molar-refractivity contribution < 1.29 is 32.3 Å². The molecule has 0 bridgehead atoms. The van der Waals surface area contributed by atoms with Crippen LogP contribution in [0.3, 0.4) is 0 Å². The van der Waals surface area contributed by atoms with Crippen LogP contribution >= 0.6 is 0 Å². The third-order valence-electron chi connectivity index (χ3n) is 8.74. The van der Waals surface area contributed by atoms with Gasteiger partial charge in [0.1, 0.15) is 0 Å². The van der Waals surface area contributed by atoms with Crippen LogP contribution in [-0.2, 0) is 33.5 Å². The van der Waals surface area contributed by atoms with Crippen LogP contribution in [0.25, 0.3) is 0 Å². The van der Waals surface area contributed by atoms with Gasteiger partial charge in [0.2, 0.25) is 5.91 Å². The van der Waals surface area contributed by atoms with Crippen LogP contribution in [0.1, 0.15) is 71.6 Å². The Bertz CT molecular complexity index is 1560. The maximum Gasteiger partial charge on any atom is 0.416 e. The van der Waals surface area contributed by atoms with Gasteiger partial charge in [0, 0.05) is 36.7 Å². The molecule has 0 N–H and O–H groups in total. The first kappa shape index (κ1) is 32.0. The number of benzene rings is 3. The van der Waals surface area contributed by atoms with E-state index in [4.69, 9.17) is 4.74 Å². The Morgan fingerprint density at radius 2 is 1.58 bits per heavy atom. The largest absolute Gasteiger partial charge is 0.463 e. The molecule has 2 amide bonds. The first-order valence-corrected chi connectivity index (χ1v) is 15.3. The number of ether oxygens (including phenoxy) is 1. The smallest absolute Gasteiger partial charge is 0.416 e. The van der Waals surface area contributed by atoms with Crippen LogP contribution in [-0.4, -0.2) is 47.3 Å². The molecule has 6 nitrogen and oxygen atoms in total. The zero-order chi connectivity index (χ0) is 32.1. The minimum atomic E-state index is -4.50. The molecule has 1 saturated heterocycles. The normalized spacial score (nSPS) is 17.9. The number of amides is 2. The van der Waals surface area contributed by atoms with Crippen LogP contribution in [0.4, 0.5) is 13.2 Å². The van der Waals surface area contributed by atoms with Gasteiger partial charge in [-0.15, -0.1) is 0 Å². The summed E-state index contributed by atoms with van der Waals surface area (Å²) >= 11 is 0. The highest BCUT2D eigenvalue weighted by atomic mass is 19.4. The standard InChI is InChI=1S/C36H37F3N2O4/c1-3-45-35(44)33-24(2)41(32(42)22-31(33)28-12-14-30(15-13-28)36(37,38)39)23-27-10-7-11-29(21-27)34(43)40-18-16-26(17-19-40)20-25-8-5-4-6-9-25/h4-15,21,26,31H,3,16-20,22-23H2,1-2H3. The summed E-state index contributed by atoms with van der Waals surface area (Å²) in [5.41, 5.74) is 2.81. The fourth-order valence-electron chi connectivity index (χ4n) is 6.32. The predicted octanol–water partition coefficient (Wildman–Crippen LogP) is 7.15. The molecule has 45 heavy (non-hydrogen) atoms. The van der Waals surface area contributed by atoms with Gasteiger partial charge < -0.3 is 14.5 Å². The molecule has 1 atom stereocenters. The van der Waals surface area contributed by atoms with Crippen LogP contribution in [0, 0.1) is 5.92 Å². The van der Waals surface area contributed by atoms with Crippen LogP contribution < -0.4 is 0 Å². The summed E-state index contributed by atoms with van der Waals surface area (Å²) in [6, 6.07) is 22.1. The monoisotopic (exact) mass is 618 g/mol. The molecule has 3 aromatic carbocycles. The SMILES string of the molecule is CCOC(=O)C1=C(C)N(Cc2cccc(C(=O)N3CCC(Cc4ccccc4)CC3)c2)C(=O)CC1c1ccc(C(F)(F)F)cc1. The van der Waals surface area contributed by atoms with Crippen molar-refractivity contribution in [2.75, 3.05) is 19.7 Å². The molecule has 5 rings (SSSR count). The van der Waals surface area contributed by atoms with Gasteiger partial charge >= 0.3 is 12.1 Å². The van der Waals surface area contributed by atoms with Crippen molar-refractivity contribution >= 4 is 17.8 Å². The molecular weight excluding hydrogens is 581 g/mol. The highest BCUT2D eigenvalue weighted by Gasteiger charge is 2.38. The molecular formula is C36H37F3N2O4. The summed E-state index contributed by atoms with van der Waals surface area (Å²) in [5.74, 6) is -1.16. The Balaban J connectivity index is 1.31. The van der Waals surface area contributed by atoms with Crippen LogP contribution in [0.15, 0.2) is 90.1 Å². The van der Waals surface area contributed by atoms with Crippen LogP contribution in [0.2, 0.25) is 0 Å². The lowest BCUT2D eigenvalue weighted by molar-refractivity contribution is -0.140. The Kier molecular flexibility index (Phi) is 9.75. The van der Waals surface area contributed by atoms with Gasteiger partial charge in [-0.3, -0.25) is 9.59 Å². The Morgan fingerprint density at radius 3 is 2.22 bits per heavy atom. The minimum Gasteiger partial charge on any atom is -0.463 e. The lowest BCUT2D eigenvalue weighted by Gasteiger charge is -2.35. The van der Waals surface area contributed by atoms with Crippen molar-refractivity contribution in [3.8, 4) is 0 Å². The number of rotatable bonds is 8. The molecule has 0 spiro atoms. The lowest BCUT2D eigenvalue weighted by atomic mass is 9.83. The number of nitrogens with zero attached hydrogens (tertiary/aromatic N) is 2. The van der Waals surface area contributed by atoms with Crippen molar-refractivity contribution in [1.29, 1.82) is 0 Å². The van der Waals surface area contributed by atoms with E-state index in [2.05, 4.69) is 12.1 Å². The number of alkyl halides is 3. The second kappa shape index (κ2) is 13.7. The Morgan fingerprint density at radius 1 is 0.911 bits per heavy atom. The number of esters is 1. The second-order valence-corrected chi connectivity index (χ2v) is 11.7. The van der Waals surface area contributed by atoms with E-state index in [1.54, 1.807) is 32.0 Å². The molecule has 1 unspecified atom stereocenters. The van der Waals surface area contributed by atoms with Gasteiger partial charge in [-0.25, -0.2) is 4.79 Å². The summed E-state index contributed by atoms with van der Waals surface area (Å²) in [7, 11) is 0. The first-order chi connectivity index (χ1) is 21.5. The predicted molar refractivity (Wildman–Crippen MR) is 164 cm³/mol. The third kappa shape index (κ3) is 7.47. The zero-order valence-electron chi connectivity index (χ0n) is 25.5. The van der Waals surface area contributed by atoms with Crippen molar-refractivity contribution in [3.63, 3.8) is 0 Å². The van der Waals surface area contributed by atoms with E-state index in [0.717, 1.165) is 37.0 Å². The van der Waals surface area contributed by atoms with Crippen molar-refractivity contribution in [3.05, 3.63) is 118 Å². The number of halogens is 3. The number of carbonyl (C=O) groups is 3. The molecule has 0 aromatic heterocycles. The molecule has 0 radical (unpaired) electrons. The van der Waals surface area contributed by atoms with Gasteiger partial charge in [-0.05, 0) is 80.0 Å². The number of piperidine rings is 1. The van der Waals surface area contributed by atoms with Gasteiger partial charge in [-0.2, -0.15) is 13.2 Å². The van der Waals surface area contributed by atoms with Crippen molar-refractivity contribution in [2.24, 2.45) is 5.92 Å². The minimum absolute atomic E-state index is 0.0539. The number of allylic oxidation sites excluding steroid dienone is 1. The maximum atomic E-state index is 13.5. The summed E-state index contributed by atoms with van der Waals surface area (Å²) in [6.07, 6.45) is -1.73. The summed E-state index contributed by atoms with van der Waals surface area (Å²) < 4.78 is 44.8. The highest BCUT2D eigenvalue weighted by molar-refractivity contribution is 5.96. The van der Waals surface area contributed by atoms with Gasteiger partial charge in [0.25, 0.3) is 5.91 Å². The quantitative estimate of drug-likeness (QED) is 0.252. The topological polar surface area (TPSA) is 66.9 Å². The average molecular weight is 619 g/mol. The molecule has 3 aromatic rings. The Labute approximate surface area is 261 Å². The van der Waals surface area contributed by atoms with E-state index in [-0.39, 0.29) is 37.0 Å². The summed E-state index contributed by atoms with van der Waals surface area (Å²) in [5, 5.41) is 0. The summed E-state index contributed by atoms with van der Waals surface area (Å²) in [6.45, 7) is 4.92. The van der Waals surface area contributed by atoms with E-state index in [1.807, 2.05) is 29.2 Å². The number of carbonyl (C=O) groups excluding carboxylic acids is 3. The number of hydrogen-bond acceptors (Lipinski definition) is 4. The zero-order valence-corrected chi connectivity index (χ0v) is 25.5. The van der Waals surface area contributed by atoms with Crippen molar-refractivity contribution in [1.82, 2.24) is 9.80 Å². The first-order valence-electron chi connectivity index (χ1n) is 15.3. The molecule has 2 aliphatic rings. The second-order valence-electron chi connectivity index (χ2n) is 11.7.